The Morgan fingerprint density at radius 2 is 1.82 bits per heavy atom. The maximum Gasteiger partial charge on any atom is 0.303 e. The van der Waals surface area contributed by atoms with E-state index in [1.54, 1.807) is 47.0 Å². The smallest absolute Gasteiger partial charge is 0.303 e. The zero-order valence-electron chi connectivity index (χ0n) is 17.0. The van der Waals surface area contributed by atoms with E-state index in [9.17, 15) is 14.4 Å². The highest BCUT2D eigenvalue weighted by Gasteiger charge is 2.18. The van der Waals surface area contributed by atoms with Gasteiger partial charge in [0.2, 0.25) is 5.91 Å². The molecule has 9 nitrogen and oxygen atoms in total. The van der Waals surface area contributed by atoms with E-state index < -0.39 is 11.9 Å². The van der Waals surface area contributed by atoms with Crippen LogP contribution in [0.5, 0.6) is 0 Å². The number of fused-ring (bicyclic) bond motifs is 5. The number of hydrogen-bond acceptors (Lipinski definition) is 5. The molecule has 0 fully saturated rings. The lowest BCUT2D eigenvalue weighted by molar-refractivity contribution is -0.138. The minimum absolute atomic E-state index is 0.149. The molecular formula is C23H16ClN5O4. The highest BCUT2D eigenvalue weighted by atomic mass is 35.5. The predicted molar refractivity (Wildman–Crippen MR) is 124 cm³/mol. The summed E-state index contributed by atoms with van der Waals surface area (Å²) in [6, 6.07) is 13.9. The van der Waals surface area contributed by atoms with Gasteiger partial charge in [-0.15, -0.1) is 0 Å². The molecule has 1 aromatic carbocycles. The molecule has 1 amide bonds. The van der Waals surface area contributed by atoms with E-state index in [0.717, 1.165) is 0 Å². The van der Waals surface area contributed by atoms with Gasteiger partial charge in [0.15, 0.2) is 5.65 Å². The maximum absolute atomic E-state index is 13.5. The number of halogens is 1. The molecule has 0 atom stereocenters. The minimum Gasteiger partial charge on any atom is -0.481 e. The number of carbonyl (C=O) groups is 2. The Labute approximate surface area is 190 Å². The summed E-state index contributed by atoms with van der Waals surface area (Å²) in [6.07, 6.45) is 2.74. The van der Waals surface area contributed by atoms with E-state index in [4.69, 9.17) is 21.7 Å². The summed E-state index contributed by atoms with van der Waals surface area (Å²) < 4.78 is 3.22. The summed E-state index contributed by atoms with van der Waals surface area (Å²) in [6.45, 7) is 0. The fourth-order valence-electron chi connectivity index (χ4n) is 3.78. The van der Waals surface area contributed by atoms with Gasteiger partial charge >= 0.3 is 5.97 Å². The van der Waals surface area contributed by atoms with Crippen LogP contribution in [-0.2, 0) is 9.59 Å². The predicted octanol–water partition coefficient (Wildman–Crippen LogP) is 3.64. The number of aromatic nitrogens is 4. The number of anilines is 1. The van der Waals surface area contributed by atoms with Crippen molar-refractivity contribution in [3.63, 3.8) is 0 Å². The number of nitrogens with one attached hydrogen (secondary N) is 1. The number of imidazole rings is 1. The van der Waals surface area contributed by atoms with Crippen LogP contribution in [-0.4, -0.2) is 35.9 Å². The maximum atomic E-state index is 13.5. The van der Waals surface area contributed by atoms with Crippen LogP contribution in [0, 0.1) is 0 Å². The fraction of sp³-hybridized carbons (Fsp3) is 0.0870. The van der Waals surface area contributed by atoms with Crippen LogP contribution in [0.3, 0.4) is 0 Å². The lowest BCUT2D eigenvalue weighted by Gasteiger charge is -2.11. The van der Waals surface area contributed by atoms with Gasteiger partial charge in [0.25, 0.3) is 5.56 Å². The Kier molecular flexibility index (Phi) is 5.02. The molecule has 4 heterocycles. The average molecular weight is 462 g/mol. The zero-order valence-corrected chi connectivity index (χ0v) is 17.8. The van der Waals surface area contributed by atoms with Crippen molar-refractivity contribution in [3.05, 3.63) is 76.4 Å². The quantitative estimate of drug-likeness (QED) is 0.386. The zero-order chi connectivity index (χ0) is 23.1. The van der Waals surface area contributed by atoms with Crippen LogP contribution in [0.4, 0.5) is 5.69 Å². The number of hydrogen-bond donors (Lipinski definition) is 2. The lowest BCUT2D eigenvalue weighted by atomic mass is 10.1. The molecule has 33 heavy (non-hydrogen) atoms. The fourth-order valence-corrected chi connectivity index (χ4v) is 3.89. The first kappa shape index (κ1) is 20.7. The topological polar surface area (TPSA) is 119 Å². The Hall–Kier alpha value is -4.24. The van der Waals surface area contributed by atoms with Gasteiger partial charge in [0.1, 0.15) is 16.3 Å². The number of carbonyl (C=O) groups excluding carboxylic acids is 1. The molecule has 0 bridgehead atoms. The average Bonchev–Trinajstić information content (AvgIpc) is 3.18. The molecule has 0 aliphatic heterocycles. The van der Waals surface area contributed by atoms with Gasteiger partial charge in [-0.05, 0) is 30.3 Å². The highest BCUT2D eigenvalue weighted by Crippen LogP contribution is 2.27. The molecule has 0 aliphatic carbocycles. The summed E-state index contributed by atoms with van der Waals surface area (Å²) in [4.78, 5) is 45.2. The molecule has 0 radical (unpaired) electrons. The second kappa shape index (κ2) is 8.03. The highest BCUT2D eigenvalue weighted by molar-refractivity contribution is 6.29. The third-order valence-electron chi connectivity index (χ3n) is 5.24. The lowest BCUT2D eigenvalue weighted by Crippen LogP contribution is -2.20. The number of pyridine rings is 3. The van der Waals surface area contributed by atoms with Gasteiger partial charge in [0.05, 0.1) is 24.0 Å². The van der Waals surface area contributed by atoms with Crippen molar-refractivity contribution in [2.45, 2.75) is 12.8 Å². The largest absolute Gasteiger partial charge is 0.481 e. The molecule has 2 N–H and O–H groups in total. The molecule has 164 valence electrons. The van der Waals surface area contributed by atoms with E-state index in [1.807, 2.05) is 12.1 Å². The third kappa shape index (κ3) is 3.68. The van der Waals surface area contributed by atoms with Crippen molar-refractivity contribution in [2.75, 3.05) is 5.32 Å². The number of rotatable bonds is 5. The van der Waals surface area contributed by atoms with Gasteiger partial charge in [-0.1, -0.05) is 29.8 Å². The van der Waals surface area contributed by atoms with Crippen molar-refractivity contribution in [3.8, 4) is 5.69 Å². The number of benzene rings is 1. The first-order valence-corrected chi connectivity index (χ1v) is 10.4. The normalized spacial score (nSPS) is 11.3. The summed E-state index contributed by atoms with van der Waals surface area (Å²) in [5.74, 6) is -1.47. The van der Waals surface area contributed by atoms with Gasteiger partial charge in [-0.25, -0.2) is 9.97 Å². The Morgan fingerprint density at radius 1 is 1.03 bits per heavy atom. The second-order valence-corrected chi connectivity index (χ2v) is 7.78. The van der Waals surface area contributed by atoms with Crippen LogP contribution in [0.15, 0.2) is 65.7 Å². The summed E-state index contributed by atoms with van der Waals surface area (Å²) in [5, 5.41) is 13.0. The first-order valence-electron chi connectivity index (χ1n) is 10.0. The number of carboxylic acids is 1. The standard InChI is InChI=1S/C23H16ClN5O4/c24-17-7-6-14(11-25-17)29-22-21(15-3-1-2-4-16(15)23(29)33)27-18-8-5-13(12-28(18)22)26-19(30)9-10-20(31)32/h1-8,11-12H,9-10H2,(H,26,30)(H,31,32). The first-order chi connectivity index (χ1) is 15.9. The molecule has 0 aliphatic rings. The van der Waals surface area contributed by atoms with E-state index in [0.29, 0.717) is 44.1 Å². The molecule has 5 rings (SSSR count). The number of amides is 1. The van der Waals surface area contributed by atoms with Crippen LogP contribution >= 0.6 is 11.6 Å². The monoisotopic (exact) mass is 461 g/mol. The molecule has 10 heteroatoms. The van der Waals surface area contributed by atoms with E-state index in [-0.39, 0.29) is 18.4 Å². The second-order valence-electron chi connectivity index (χ2n) is 7.40. The van der Waals surface area contributed by atoms with Crippen molar-refractivity contribution >= 4 is 56.7 Å². The number of aliphatic carboxylic acids is 1. The molecular weight excluding hydrogens is 446 g/mol. The molecule has 0 unspecified atom stereocenters. The van der Waals surface area contributed by atoms with Gasteiger partial charge in [0, 0.05) is 23.4 Å². The summed E-state index contributed by atoms with van der Waals surface area (Å²) >= 11 is 5.95. The number of nitrogens with zero attached hydrogens (tertiary/aromatic N) is 4. The minimum atomic E-state index is -1.05. The van der Waals surface area contributed by atoms with Gasteiger partial charge < -0.3 is 10.4 Å². The van der Waals surface area contributed by atoms with Crippen LogP contribution in [0.1, 0.15) is 12.8 Å². The Bertz CT molecular complexity index is 1620. The molecule has 5 aromatic rings. The third-order valence-corrected chi connectivity index (χ3v) is 5.46. The van der Waals surface area contributed by atoms with Crippen LogP contribution in [0.25, 0.3) is 33.3 Å². The summed E-state index contributed by atoms with van der Waals surface area (Å²) in [5.41, 5.74) is 2.38. The van der Waals surface area contributed by atoms with Crippen molar-refractivity contribution in [1.82, 2.24) is 18.9 Å². The van der Waals surface area contributed by atoms with Gasteiger partial charge in [-0.2, -0.15) is 0 Å². The Morgan fingerprint density at radius 3 is 2.55 bits per heavy atom. The Balaban J connectivity index is 1.76. The van der Waals surface area contributed by atoms with Crippen molar-refractivity contribution < 1.29 is 14.7 Å². The molecule has 0 saturated carbocycles. The van der Waals surface area contributed by atoms with Crippen molar-refractivity contribution in [2.24, 2.45) is 0 Å². The SMILES string of the molecule is O=C(O)CCC(=O)Nc1ccc2nc3c4ccccc4c(=O)n(-c4ccc(Cl)nc4)c3n2c1. The van der Waals surface area contributed by atoms with Crippen molar-refractivity contribution in [1.29, 1.82) is 0 Å². The van der Waals surface area contributed by atoms with Gasteiger partial charge in [-0.3, -0.25) is 23.4 Å². The van der Waals surface area contributed by atoms with Crippen LogP contribution in [0.2, 0.25) is 5.15 Å². The molecule has 0 saturated heterocycles. The van der Waals surface area contributed by atoms with E-state index >= 15 is 0 Å². The molecule has 4 aromatic heterocycles. The molecule has 0 spiro atoms. The van der Waals surface area contributed by atoms with E-state index in [1.165, 1.54) is 10.8 Å². The number of carboxylic acid groups (broad SMARTS) is 1. The van der Waals surface area contributed by atoms with Crippen LogP contribution < -0.4 is 10.9 Å². The van der Waals surface area contributed by atoms with E-state index in [2.05, 4.69) is 10.3 Å². The summed E-state index contributed by atoms with van der Waals surface area (Å²) in [7, 11) is 0.